The number of hydrogen-bond acceptors (Lipinski definition) is 10. The molecule has 0 aliphatic carbocycles. The molecule has 2 aromatic heterocycles. The molecule has 11 heteroatoms. The molecule has 2 aromatic rings. The number of fused-ring (bicyclic) bond motifs is 1. The maximum absolute atomic E-state index is 12.3. The lowest BCUT2D eigenvalue weighted by atomic mass is 10.2. The van der Waals surface area contributed by atoms with Crippen molar-refractivity contribution in [1.82, 2.24) is 14.5 Å². The van der Waals surface area contributed by atoms with Crippen molar-refractivity contribution in [2.45, 2.75) is 44.8 Å². The van der Waals surface area contributed by atoms with Gasteiger partial charge in [-0.1, -0.05) is 11.3 Å². The van der Waals surface area contributed by atoms with Crippen LogP contribution in [0.25, 0.3) is 10.3 Å². The van der Waals surface area contributed by atoms with Crippen molar-refractivity contribution in [1.29, 1.82) is 0 Å². The number of nitrogens with two attached hydrogens (primary N) is 1. The Balaban J connectivity index is 1.74. The van der Waals surface area contributed by atoms with Crippen molar-refractivity contribution in [3.8, 4) is 0 Å². The second kappa shape index (κ2) is 6.94. The van der Waals surface area contributed by atoms with E-state index in [9.17, 15) is 14.7 Å². The smallest absolute Gasteiger partial charge is 0.432 e. The number of anilines is 1. The molecule has 0 radical (unpaired) electrons. The van der Waals surface area contributed by atoms with Gasteiger partial charge >= 0.3 is 11.0 Å². The molecule has 1 aliphatic rings. The lowest BCUT2D eigenvalue weighted by Crippen LogP contribution is -2.27. The summed E-state index contributed by atoms with van der Waals surface area (Å²) in [4.78, 5) is 31.2. The SMILES string of the molecule is CC(C)OC(=O)OCC1C[C@@H](O)[C@H](n2c(=O)sc3cnc(N)nc32)O1. The first-order valence-corrected chi connectivity index (χ1v) is 8.47. The summed E-state index contributed by atoms with van der Waals surface area (Å²) in [7, 11) is 0. The van der Waals surface area contributed by atoms with E-state index < -0.39 is 24.6 Å². The van der Waals surface area contributed by atoms with E-state index >= 15 is 0 Å². The molecule has 3 atom stereocenters. The number of nitrogens with zero attached hydrogens (tertiary/aromatic N) is 3. The van der Waals surface area contributed by atoms with E-state index in [1.165, 1.54) is 10.8 Å². The Kier molecular flexibility index (Phi) is 4.88. The lowest BCUT2D eigenvalue weighted by molar-refractivity contribution is -0.0596. The fourth-order valence-electron chi connectivity index (χ4n) is 2.53. The van der Waals surface area contributed by atoms with Gasteiger partial charge in [0.1, 0.15) is 12.7 Å². The topological polar surface area (TPSA) is 139 Å². The normalized spacial score (nSPS) is 23.3. The van der Waals surface area contributed by atoms with Crippen LogP contribution in [-0.4, -0.2) is 50.7 Å². The lowest BCUT2D eigenvalue weighted by Gasteiger charge is -2.16. The number of nitrogen functional groups attached to an aromatic ring is 1. The van der Waals surface area contributed by atoms with Crippen LogP contribution in [0.4, 0.5) is 10.7 Å². The number of aliphatic hydroxyl groups excluding tert-OH is 1. The van der Waals surface area contributed by atoms with Gasteiger partial charge in [0, 0.05) is 6.42 Å². The van der Waals surface area contributed by atoms with E-state index in [4.69, 9.17) is 19.9 Å². The summed E-state index contributed by atoms with van der Waals surface area (Å²) in [6.45, 7) is 3.32. The molecule has 10 nitrogen and oxygen atoms in total. The molecule has 3 N–H and O–H groups in total. The Morgan fingerprint density at radius 2 is 2.36 bits per heavy atom. The van der Waals surface area contributed by atoms with Gasteiger partial charge < -0.3 is 25.1 Å². The number of carbonyl (C=O) groups excluding carboxylic acids is 1. The van der Waals surface area contributed by atoms with Crippen molar-refractivity contribution in [3.63, 3.8) is 0 Å². The van der Waals surface area contributed by atoms with E-state index in [1.807, 2.05) is 0 Å². The zero-order valence-corrected chi connectivity index (χ0v) is 14.4. The first kappa shape index (κ1) is 17.6. The van der Waals surface area contributed by atoms with E-state index in [0.717, 1.165) is 11.3 Å². The van der Waals surface area contributed by atoms with E-state index in [2.05, 4.69) is 9.97 Å². The Hall–Kier alpha value is -2.24. The molecule has 136 valence electrons. The summed E-state index contributed by atoms with van der Waals surface area (Å²) in [6, 6.07) is 0. The Morgan fingerprint density at radius 1 is 1.60 bits per heavy atom. The van der Waals surface area contributed by atoms with Gasteiger partial charge in [0.2, 0.25) is 5.95 Å². The summed E-state index contributed by atoms with van der Waals surface area (Å²) in [5, 5.41) is 10.3. The quantitative estimate of drug-likeness (QED) is 0.742. The van der Waals surface area contributed by atoms with Crippen LogP contribution in [0.3, 0.4) is 0 Å². The molecule has 0 spiro atoms. The summed E-state index contributed by atoms with van der Waals surface area (Å²) in [5.74, 6) is 0.0165. The van der Waals surface area contributed by atoms with Gasteiger partial charge in [-0.25, -0.2) is 9.78 Å². The van der Waals surface area contributed by atoms with Crippen molar-refractivity contribution in [3.05, 3.63) is 15.9 Å². The summed E-state index contributed by atoms with van der Waals surface area (Å²) >= 11 is 0.933. The van der Waals surface area contributed by atoms with Crippen LogP contribution >= 0.6 is 11.3 Å². The molecule has 0 bridgehead atoms. The van der Waals surface area contributed by atoms with Crippen LogP contribution in [-0.2, 0) is 14.2 Å². The van der Waals surface area contributed by atoms with Crippen molar-refractivity contribution >= 4 is 33.8 Å². The van der Waals surface area contributed by atoms with Crippen LogP contribution in [0.1, 0.15) is 26.5 Å². The predicted molar refractivity (Wildman–Crippen MR) is 88.2 cm³/mol. The maximum atomic E-state index is 12.3. The van der Waals surface area contributed by atoms with Gasteiger partial charge in [0.15, 0.2) is 11.9 Å². The highest BCUT2D eigenvalue weighted by Crippen LogP contribution is 2.31. The zero-order chi connectivity index (χ0) is 18.1. The average molecular weight is 370 g/mol. The third-order valence-electron chi connectivity index (χ3n) is 3.52. The van der Waals surface area contributed by atoms with Gasteiger partial charge in [0.05, 0.1) is 23.1 Å². The van der Waals surface area contributed by atoms with Crippen molar-refractivity contribution in [2.75, 3.05) is 12.3 Å². The minimum Gasteiger partial charge on any atom is -0.432 e. The van der Waals surface area contributed by atoms with Crippen LogP contribution < -0.4 is 10.6 Å². The first-order valence-electron chi connectivity index (χ1n) is 7.65. The molecule has 0 aromatic carbocycles. The average Bonchev–Trinajstić information content (AvgIpc) is 3.03. The number of carbonyl (C=O) groups is 1. The minimum atomic E-state index is -0.957. The second-order valence-corrected chi connectivity index (χ2v) is 6.83. The molecule has 1 saturated heterocycles. The molecule has 0 amide bonds. The second-order valence-electron chi connectivity index (χ2n) is 5.83. The van der Waals surface area contributed by atoms with E-state index in [-0.39, 0.29) is 30.0 Å². The number of ether oxygens (including phenoxy) is 3. The Morgan fingerprint density at radius 3 is 3.08 bits per heavy atom. The van der Waals surface area contributed by atoms with Crippen LogP contribution in [0, 0.1) is 0 Å². The third-order valence-corrected chi connectivity index (χ3v) is 4.40. The monoisotopic (exact) mass is 370 g/mol. The number of hydrogen-bond donors (Lipinski definition) is 2. The largest absolute Gasteiger partial charge is 0.508 e. The number of aromatic nitrogens is 3. The van der Waals surface area contributed by atoms with Crippen LogP contribution in [0.5, 0.6) is 0 Å². The van der Waals surface area contributed by atoms with Gasteiger partial charge in [-0.05, 0) is 13.8 Å². The van der Waals surface area contributed by atoms with Gasteiger partial charge in [-0.15, -0.1) is 0 Å². The molecular weight excluding hydrogens is 352 g/mol. The molecule has 1 aliphatic heterocycles. The number of rotatable bonds is 4. The Bertz CT molecular complexity index is 834. The molecule has 3 heterocycles. The van der Waals surface area contributed by atoms with Crippen LogP contribution in [0.2, 0.25) is 0 Å². The molecular formula is C14H18N4O6S. The molecule has 0 saturated carbocycles. The maximum Gasteiger partial charge on any atom is 0.508 e. The summed E-state index contributed by atoms with van der Waals surface area (Å²) in [6.07, 6.45) is -1.92. The third kappa shape index (κ3) is 3.72. The zero-order valence-electron chi connectivity index (χ0n) is 13.6. The predicted octanol–water partition coefficient (Wildman–Crippen LogP) is 0.645. The van der Waals surface area contributed by atoms with Gasteiger partial charge in [-0.2, -0.15) is 4.98 Å². The van der Waals surface area contributed by atoms with Gasteiger partial charge in [0.25, 0.3) is 0 Å². The minimum absolute atomic E-state index is 0.0165. The highest BCUT2D eigenvalue weighted by atomic mass is 32.1. The van der Waals surface area contributed by atoms with Gasteiger partial charge in [-0.3, -0.25) is 9.36 Å². The highest BCUT2D eigenvalue weighted by Gasteiger charge is 2.38. The summed E-state index contributed by atoms with van der Waals surface area (Å²) < 4.78 is 17.3. The van der Waals surface area contributed by atoms with Crippen molar-refractivity contribution < 1.29 is 24.1 Å². The molecule has 25 heavy (non-hydrogen) atoms. The molecule has 1 fully saturated rings. The fraction of sp³-hybridized carbons (Fsp3) is 0.571. The number of thiazole rings is 1. The Labute approximate surface area is 146 Å². The highest BCUT2D eigenvalue weighted by molar-refractivity contribution is 7.16. The van der Waals surface area contributed by atoms with Crippen LogP contribution in [0.15, 0.2) is 11.0 Å². The molecule has 3 rings (SSSR count). The number of aliphatic hydroxyl groups is 1. The van der Waals surface area contributed by atoms with Crippen molar-refractivity contribution in [2.24, 2.45) is 0 Å². The standard InChI is InChI=1S/C14H18N4O6S/c1-6(2)23-14(21)22-5-7-3-8(19)11(24-7)18-10-9(25-13(18)20)4-16-12(15)17-10/h4,6-8,11,19H,3,5H2,1-2H3,(H2,15,16,17)/t7?,8-,11-/m1/s1. The first-order chi connectivity index (χ1) is 11.8. The van der Waals surface area contributed by atoms with E-state index in [0.29, 0.717) is 10.3 Å². The summed E-state index contributed by atoms with van der Waals surface area (Å²) in [5.41, 5.74) is 5.87. The molecule has 1 unspecified atom stereocenters. The fourth-order valence-corrected chi connectivity index (χ4v) is 3.35. The van der Waals surface area contributed by atoms with E-state index in [1.54, 1.807) is 13.8 Å².